The van der Waals surface area contributed by atoms with Crippen molar-refractivity contribution in [1.82, 2.24) is 4.90 Å². The van der Waals surface area contributed by atoms with E-state index in [0.29, 0.717) is 0 Å². The van der Waals surface area contributed by atoms with Crippen molar-refractivity contribution in [2.45, 2.75) is 11.9 Å². The van der Waals surface area contributed by atoms with Crippen LogP contribution in [-0.4, -0.2) is 16.6 Å². The molecular weight excluding hydrogens is 349 g/mol. The van der Waals surface area contributed by atoms with Crippen molar-refractivity contribution in [2.75, 3.05) is 5.75 Å². The molecule has 8 heteroatoms. The molecule has 1 aliphatic heterocycles. The Morgan fingerprint density at radius 3 is 2.42 bits per heavy atom. The Labute approximate surface area is 138 Å². The number of rotatable bonds is 3. The van der Waals surface area contributed by atoms with Gasteiger partial charge in [0.15, 0.2) is 29.1 Å². The van der Waals surface area contributed by atoms with Crippen molar-refractivity contribution in [3.05, 3.63) is 70.5 Å². The molecule has 1 heterocycles. The van der Waals surface area contributed by atoms with E-state index in [9.17, 15) is 26.7 Å². The van der Waals surface area contributed by atoms with Crippen molar-refractivity contribution in [1.29, 1.82) is 0 Å². The molecule has 1 unspecified atom stereocenters. The van der Waals surface area contributed by atoms with Crippen LogP contribution in [-0.2, 0) is 11.3 Å². The van der Waals surface area contributed by atoms with Gasteiger partial charge in [-0.3, -0.25) is 4.79 Å². The van der Waals surface area contributed by atoms with Gasteiger partial charge in [0.1, 0.15) is 5.37 Å². The van der Waals surface area contributed by atoms with Crippen molar-refractivity contribution in [2.24, 2.45) is 0 Å². The molecule has 0 aliphatic carbocycles. The Bertz CT molecular complexity index is 813. The number of thioether (sulfide) groups is 1. The first-order chi connectivity index (χ1) is 11.4. The number of nitrogens with zero attached hydrogens (tertiary/aromatic N) is 1. The second-order valence-electron chi connectivity index (χ2n) is 5.16. The molecule has 0 bridgehead atoms. The second-order valence-corrected chi connectivity index (χ2v) is 6.23. The van der Waals surface area contributed by atoms with Crippen molar-refractivity contribution >= 4 is 17.7 Å². The van der Waals surface area contributed by atoms with Gasteiger partial charge < -0.3 is 4.90 Å². The summed E-state index contributed by atoms with van der Waals surface area (Å²) in [7, 11) is 0. The molecule has 1 fully saturated rings. The summed E-state index contributed by atoms with van der Waals surface area (Å²) in [5, 5.41) is -0.949. The lowest BCUT2D eigenvalue weighted by Crippen LogP contribution is -2.28. The van der Waals surface area contributed by atoms with Crippen molar-refractivity contribution < 1.29 is 26.7 Å². The topological polar surface area (TPSA) is 20.3 Å². The van der Waals surface area contributed by atoms with Crippen LogP contribution in [0.2, 0.25) is 0 Å². The minimum atomic E-state index is -1.63. The number of carbonyl (C=O) groups excluding carboxylic acids is 1. The maximum Gasteiger partial charge on any atom is 0.234 e. The summed E-state index contributed by atoms with van der Waals surface area (Å²) in [6.07, 6.45) is 0. The van der Waals surface area contributed by atoms with E-state index in [4.69, 9.17) is 0 Å². The first-order valence-corrected chi connectivity index (χ1v) is 7.92. The quantitative estimate of drug-likeness (QED) is 0.606. The van der Waals surface area contributed by atoms with Crippen LogP contribution in [0.15, 0.2) is 30.3 Å². The zero-order valence-electron chi connectivity index (χ0n) is 12.0. The van der Waals surface area contributed by atoms with Gasteiger partial charge in [0.25, 0.3) is 0 Å². The lowest BCUT2D eigenvalue weighted by atomic mass is 10.1. The minimum Gasteiger partial charge on any atom is -0.321 e. The summed E-state index contributed by atoms with van der Waals surface area (Å²) in [6.45, 7) is -0.307. The van der Waals surface area contributed by atoms with E-state index in [-0.39, 0.29) is 23.4 Å². The summed E-state index contributed by atoms with van der Waals surface area (Å²) < 4.78 is 67.6. The highest BCUT2D eigenvalue weighted by molar-refractivity contribution is 8.00. The third-order valence-electron chi connectivity index (χ3n) is 3.67. The highest BCUT2D eigenvalue weighted by Crippen LogP contribution is 2.41. The lowest BCUT2D eigenvalue weighted by molar-refractivity contribution is -0.128. The predicted octanol–water partition coefficient (Wildman–Crippen LogP) is 4.16. The van der Waals surface area contributed by atoms with Gasteiger partial charge in [-0.05, 0) is 12.1 Å². The number of halogens is 5. The molecule has 126 valence electrons. The van der Waals surface area contributed by atoms with E-state index < -0.39 is 40.4 Å². The molecular formula is C16H10F5NOS. The monoisotopic (exact) mass is 359 g/mol. The predicted molar refractivity (Wildman–Crippen MR) is 78.4 cm³/mol. The Morgan fingerprint density at radius 2 is 1.67 bits per heavy atom. The Balaban J connectivity index is 1.96. The van der Waals surface area contributed by atoms with Crippen molar-refractivity contribution in [3.8, 4) is 0 Å². The fraction of sp³-hybridized carbons (Fsp3) is 0.188. The van der Waals surface area contributed by atoms with Crippen LogP contribution in [0.5, 0.6) is 0 Å². The number of hydrogen-bond donors (Lipinski definition) is 0. The molecule has 0 aromatic heterocycles. The van der Waals surface area contributed by atoms with Gasteiger partial charge in [0, 0.05) is 11.1 Å². The van der Waals surface area contributed by atoms with Crippen LogP contribution < -0.4 is 0 Å². The Morgan fingerprint density at radius 1 is 0.958 bits per heavy atom. The number of benzene rings is 2. The highest BCUT2D eigenvalue weighted by atomic mass is 32.2. The number of hydrogen-bond acceptors (Lipinski definition) is 2. The maximum atomic E-state index is 14.0. The molecule has 0 radical (unpaired) electrons. The average molecular weight is 359 g/mol. The molecule has 0 spiro atoms. The second kappa shape index (κ2) is 6.43. The largest absolute Gasteiger partial charge is 0.321 e. The fourth-order valence-electron chi connectivity index (χ4n) is 2.47. The molecule has 2 nitrogen and oxygen atoms in total. The summed E-state index contributed by atoms with van der Waals surface area (Å²) in [5.74, 6) is -7.00. The third-order valence-corrected chi connectivity index (χ3v) is 4.91. The van der Waals surface area contributed by atoms with E-state index >= 15 is 0 Å². The minimum absolute atomic E-state index is 0.0277. The van der Waals surface area contributed by atoms with Crippen LogP contribution in [0.25, 0.3) is 0 Å². The zero-order valence-corrected chi connectivity index (χ0v) is 12.8. The molecule has 1 atom stereocenters. The standard InChI is InChI=1S/C16H10F5NOS/c17-10-3-1-2-8(13(10)19)6-22-12(23)7-24-16(22)9-4-5-11(18)15(21)14(9)20/h1-5,16H,6-7H2. The molecule has 2 aromatic rings. The normalized spacial score (nSPS) is 17.6. The van der Waals surface area contributed by atoms with E-state index in [1.165, 1.54) is 12.1 Å². The maximum absolute atomic E-state index is 14.0. The molecule has 1 saturated heterocycles. The van der Waals surface area contributed by atoms with Gasteiger partial charge in [-0.25, -0.2) is 22.0 Å². The molecule has 0 N–H and O–H groups in total. The smallest absolute Gasteiger partial charge is 0.234 e. The highest BCUT2D eigenvalue weighted by Gasteiger charge is 2.36. The first kappa shape index (κ1) is 16.8. The lowest BCUT2D eigenvalue weighted by Gasteiger charge is -2.25. The zero-order chi connectivity index (χ0) is 17.4. The molecule has 0 saturated carbocycles. The van der Waals surface area contributed by atoms with Crippen LogP contribution in [0.3, 0.4) is 0 Å². The van der Waals surface area contributed by atoms with E-state index in [1.807, 2.05) is 0 Å². The van der Waals surface area contributed by atoms with E-state index in [2.05, 4.69) is 0 Å². The van der Waals surface area contributed by atoms with Gasteiger partial charge >= 0.3 is 0 Å². The van der Waals surface area contributed by atoms with Crippen LogP contribution in [0.1, 0.15) is 16.5 Å². The Hall–Kier alpha value is -2.09. The molecule has 2 aromatic carbocycles. The average Bonchev–Trinajstić information content (AvgIpc) is 2.91. The summed E-state index contributed by atoms with van der Waals surface area (Å²) in [4.78, 5) is 13.1. The van der Waals surface area contributed by atoms with Gasteiger partial charge in [0.2, 0.25) is 5.91 Å². The fourth-order valence-corrected chi connectivity index (χ4v) is 3.67. The van der Waals surface area contributed by atoms with Crippen molar-refractivity contribution in [3.63, 3.8) is 0 Å². The number of amides is 1. The van der Waals surface area contributed by atoms with Crippen LogP contribution in [0, 0.1) is 29.1 Å². The SMILES string of the molecule is O=C1CSC(c2ccc(F)c(F)c2F)N1Cc1cccc(F)c1F. The van der Waals surface area contributed by atoms with E-state index in [1.54, 1.807) is 0 Å². The molecule has 24 heavy (non-hydrogen) atoms. The van der Waals surface area contributed by atoms with Gasteiger partial charge in [-0.2, -0.15) is 0 Å². The molecule has 3 rings (SSSR count). The summed E-state index contributed by atoms with van der Waals surface area (Å²) >= 11 is 1.00. The summed E-state index contributed by atoms with van der Waals surface area (Å²) in [5.41, 5.74) is -0.305. The van der Waals surface area contributed by atoms with Gasteiger partial charge in [0.05, 0.1) is 12.3 Å². The van der Waals surface area contributed by atoms with Gasteiger partial charge in [-0.15, -0.1) is 11.8 Å². The molecule has 1 aliphatic rings. The Kier molecular flexibility index (Phi) is 4.49. The number of carbonyl (C=O) groups is 1. The van der Waals surface area contributed by atoms with Crippen LogP contribution in [0.4, 0.5) is 22.0 Å². The molecule has 1 amide bonds. The van der Waals surface area contributed by atoms with Gasteiger partial charge in [-0.1, -0.05) is 18.2 Å². The van der Waals surface area contributed by atoms with E-state index in [0.717, 1.165) is 34.9 Å². The summed E-state index contributed by atoms with van der Waals surface area (Å²) in [6, 6.07) is 5.32. The third kappa shape index (κ3) is 2.86. The first-order valence-electron chi connectivity index (χ1n) is 6.87. The van der Waals surface area contributed by atoms with Crippen LogP contribution >= 0.6 is 11.8 Å².